The Morgan fingerprint density at radius 1 is 0.971 bits per heavy atom. The van der Waals surface area contributed by atoms with E-state index in [0.29, 0.717) is 21.1 Å². The van der Waals surface area contributed by atoms with Gasteiger partial charge in [-0.2, -0.15) is 0 Å². The van der Waals surface area contributed by atoms with Crippen LogP contribution in [-0.4, -0.2) is 45.4 Å². The average molecular weight is 495 g/mol. The molecule has 0 aliphatic carbocycles. The van der Waals surface area contributed by atoms with Gasteiger partial charge in [-0.3, -0.25) is 4.79 Å². The summed E-state index contributed by atoms with van der Waals surface area (Å²) in [4.78, 5) is 11.4. The molecule has 4 aromatic rings. The molecule has 1 atom stereocenters. The number of hydrogen-bond donors (Lipinski definition) is 1. The fourth-order valence-electron chi connectivity index (χ4n) is 3.44. The molecule has 0 aliphatic rings. The van der Waals surface area contributed by atoms with Gasteiger partial charge in [0.2, 0.25) is 0 Å². The molecule has 35 heavy (non-hydrogen) atoms. The molecule has 0 amide bonds. The molecule has 0 aliphatic heterocycles. The average Bonchev–Trinajstić information content (AvgIpc) is 3.33. The van der Waals surface area contributed by atoms with Gasteiger partial charge < -0.3 is 14.6 Å². The van der Waals surface area contributed by atoms with Gasteiger partial charge in [0.15, 0.2) is 5.82 Å². The predicted octanol–water partition coefficient (Wildman–Crippen LogP) is 3.46. The lowest BCUT2D eigenvalue weighted by Crippen LogP contribution is -2.20. The Labute approximate surface area is 201 Å². The van der Waals surface area contributed by atoms with Gasteiger partial charge in [-0.1, -0.05) is 42.5 Å². The predicted molar refractivity (Wildman–Crippen MR) is 126 cm³/mol. The van der Waals surface area contributed by atoms with Gasteiger partial charge in [0, 0.05) is 0 Å². The van der Waals surface area contributed by atoms with Crippen LogP contribution in [0.5, 0.6) is 17.2 Å². The summed E-state index contributed by atoms with van der Waals surface area (Å²) < 4.78 is 36.3. The molecule has 10 nitrogen and oxygen atoms in total. The normalized spacial score (nSPS) is 12.1. The second kappa shape index (κ2) is 10.3. The Balaban J connectivity index is 1.47. The van der Waals surface area contributed by atoms with Crippen LogP contribution in [0.15, 0.2) is 78.9 Å². The first-order valence-electron chi connectivity index (χ1n) is 10.5. The van der Waals surface area contributed by atoms with Crippen molar-refractivity contribution >= 4 is 16.0 Å². The van der Waals surface area contributed by atoms with Crippen LogP contribution in [0.2, 0.25) is 0 Å². The number of nitrogens with zero attached hydrogens (tertiary/aromatic N) is 4. The minimum absolute atomic E-state index is 0.0706. The summed E-state index contributed by atoms with van der Waals surface area (Å²) in [7, 11) is -3.80. The third-order valence-corrected chi connectivity index (χ3v) is 5.92. The first-order valence-corrected chi connectivity index (χ1v) is 12.4. The SMILES string of the molecule is CS(=O)(=O)n1nnnc1C(CC(=O)O)c1ccc(OCc2cccc(Oc3ccccc3)c2)cc1. The number of aromatic nitrogens is 4. The highest BCUT2D eigenvalue weighted by molar-refractivity contribution is 7.89. The minimum Gasteiger partial charge on any atom is -0.489 e. The van der Waals surface area contributed by atoms with E-state index < -0.39 is 21.9 Å². The molecule has 0 spiro atoms. The van der Waals surface area contributed by atoms with Crippen molar-refractivity contribution in [1.82, 2.24) is 19.6 Å². The number of carboxylic acid groups (broad SMARTS) is 1. The van der Waals surface area contributed by atoms with Crippen molar-refractivity contribution in [3.05, 3.63) is 95.8 Å². The molecule has 11 heteroatoms. The van der Waals surface area contributed by atoms with Crippen molar-refractivity contribution in [3.63, 3.8) is 0 Å². The molecule has 0 saturated heterocycles. The summed E-state index contributed by atoms with van der Waals surface area (Å²) in [6, 6.07) is 23.7. The molecule has 1 heterocycles. The van der Waals surface area contributed by atoms with Crippen LogP contribution < -0.4 is 9.47 Å². The summed E-state index contributed by atoms with van der Waals surface area (Å²) in [6.45, 7) is 0.288. The highest BCUT2D eigenvalue weighted by Gasteiger charge is 2.27. The van der Waals surface area contributed by atoms with E-state index in [1.807, 2.05) is 54.6 Å². The van der Waals surface area contributed by atoms with Crippen LogP contribution >= 0.6 is 0 Å². The van der Waals surface area contributed by atoms with E-state index in [9.17, 15) is 18.3 Å². The van der Waals surface area contributed by atoms with E-state index in [-0.39, 0.29) is 18.9 Å². The van der Waals surface area contributed by atoms with Crippen molar-refractivity contribution in [2.75, 3.05) is 6.26 Å². The number of benzene rings is 3. The fourth-order valence-corrected chi connectivity index (χ4v) is 4.11. The maximum Gasteiger partial charge on any atom is 0.304 e. The molecule has 180 valence electrons. The third-order valence-electron chi connectivity index (χ3n) is 5.03. The molecule has 4 rings (SSSR count). The van der Waals surface area contributed by atoms with Crippen molar-refractivity contribution in [1.29, 1.82) is 0 Å². The van der Waals surface area contributed by atoms with E-state index >= 15 is 0 Å². The Hall–Kier alpha value is -4.25. The van der Waals surface area contributed by atoms with Crippen molar-refractivity contribution in [2.45, 2.75) is 18.9 Å². The number of carboxylic acids is 1. The second-order valence-electron chi connectivity index (χ2n) is 7.71. The smallest absolute Gasteiger partial charge is 0.304 e. The van der Waals surface area contributed by atoms with Crippen LogP contribution in [0, 0.1) is 0 Å². The zero-order valence-electron chi connectivity index (χ0n) is 18.7. The number of para-hydroxylation sites is 1. The monoisotopic (exact) mass is 494 g/mol. The Morgan fingerprint density at radius 3 is 2.37 bits per heavy atom. The van der Waals surface area contributed by atoms with Gasteiger partial charge in [0.1, 0.15) is 23.9 Å². The number of hydrogen-bond acceptors (Lipinski definition) is 8. The lowest BCUT2D eigenvalue weighted by Gasteiger charge is -2.15. The number of carbonyl (C=O) groups is 1. The highest BCUT2D eigenvalue weighted by Crippen LogP contribution is 2.29. The van der Waals surface area contributed by atoms with Gasteiger partial charge in [-0.25, -0.2) is 8.42 Å². The molecular weight excluding hydrogens is 472 g/mol. The number of ether oxygens (including phenoxy) is 2. The number of tetrazole rings is 1. The minimum atomic E-state index is -3.80. The fraction of sp³-hybridized carbons (Fsp3) is 0.167. The molecule has 3 aromatic carbocycles. The maximum absolute atomic E-state index is 12.0. The lowest BCUT2D eigenvalue weighted by atomic mass is 9.95. The standard InChI is InChI=1S/C24H22N4O6S/c1-35(31,32)28-24(25-26-27-28)22(15-23(29)30)18-10-12-19(13-11-18)33-16-17-6-5-9-21(14-17)34-20-7-3-2-4-8-20/h2-14,22H,15-16H2,1H3,(H,29,30). The quantitative estimate of drug-likeness (QED) is 0.352. The zero-order valence-corrected chi connectivity index (χ0v) is 19.5. The first kappa shape index (κ1) is 23.9. The first-order chi connectivity index (χ1) is 16.8. The molecular formula is C24H22N4O6S. The van der Waals surface area contributed by atoms with Gasteiger partial charge in [-0.05, 0) is 58.0 Å². The summed E-state index contributed by atoms with van der Waals surface area (Å²) in [5, 5.41) is 20.0. The molecule has 0 bridgehead atoms. The second-order valence-corrected chi connectivity index (χ2v) is 9.53. The summed E-state index contributed by atoms with van der Waals surface area (Å²) >= 11 is 0. The number of aliphatic carboxylic acids is 1. The van der Waals surface area contributed by atoms with E-state index in [1.54, 1.807) is 24.3 Å². The molecule has 0 radical (unpaired) electrons. The summed E-state index contributed by atoms with van der Waals surface area (Å²) in [5.41, 5.74) is 1.44. The van der Waals surface area contributed by atoms with Crippen LogP contribution in [0.3, 0.4) is 0 Å². The van der Waals surface area contributed by atoms with Crippen LogP contribution in [0.25, 0.3) is 0 Å². The van der Waals surface area contributed by atoms with Crippen LogP contribution in [0.4, 0.5) is 0 Å². The maximum atomic E-state index is 12.0. The molecule has 1 N–H and O–H groups in total. The van der Waals surface area contributed by atoms with Crippen molar-refractivity contribution < 1.29 is 27.8 Å². The lowest BCUT2D eigenvalue weighted by molar-refractivity contribution is -0.137. The van der Waals surface area contributed by atoms with Gasteiger partial charge >= 0.3 is 5.97 Å². The van der Waals surface area contributed by atoms with Crippen molar-refractivity contribution in [2.24, 2.45) is 0 Å². The topological polar surface area (TPSA) is 134 Å². The van der Waals surface area contributed by atoms with Crippen LogP contribution in [0.1, 0.15) is 29.3 Å². The van der Waals surface area contributed by atoms with Crippen molar-refractivity contribution in [3.8, 4) is 17.2 Å². The van der Waals surface area contributed by atoms with Gasteiger partial charge in [0.25, 0.3) is 10.0 Å². The molecule has 0 saturated carbocycles. The summed E-state index contributed by atoms with van der Waals surface area (Å²) in [5.74, 6) is -0.0699. The van der Waals surface area contributed by atoms with Gasteiger partial charge in [0.05, 0.1) is 18.6 Å². The Morgan fingerprint density at radius 2 is 1.69 bits per heavy atom. The molecule has 0 fully saturated rings. The van der Waals surface area contributed by atoms with E-state index in [2.05, 4.69) is 15.5 Å². The largest absolute Gasteiger partial charge is 0.489 e. The Bertz CT molecular complexity index is 1410. The van der Waals surface area contributed by atoms with Crippen LogP contribution in [-0.2, 0) is 21.4 Å². The zero-order chi connectivity index (χ0) is 24.8. The number of rotatable bonds is 10. The third kappa shape index (κ3) is 6.21. The molecule has 1 aromatic heterocycles. The van der Waals surface area contributed by atoms with E-state index in [1.165, 1.54) is 0 Å². The Kier molecular flexibility index (Phi) is 7.06. The van der Waals surface area contributed by atoms with Gasteiger partial charge in [-0.15, -0.1) is 9.19 Å². The van der Waals surface area contributed by atoms with E-state index in [4.69, 9.17) is 9.47 Å². The summed E-state index contributed by atoms with van der Waals surface area (Å²) in [6.07, 6.45) is 0.561. The van der Waals surface area contributed by atoms with E-state index in [0.717, 1.165) is 17.6 Å². The highest BCUT2D eigenvalue weighted by atomic mass is 32.2. The molecule has 1 unspecified atom stereocenters.